The van der Waals surface area contributed by atoms with Crippen molar-refractivity contribution < 1.29 is 10.0 Å². The summed E-state index contributed by atoms with van der Waals surface area (Å²) in [6.45, 7) is 0. The summed E-state index contributed by atoms with van der Waals surface area (Å²) in [4.78, 5) is 10.1. The topological polar surface area (TPSA) is 124 Å². The van der Waals surface area contributed by atoms with Crippen LogP contribution in [0.15, 0.2) is 28.3 Å². The molecule has 10 heteroatoms. The first-order valence-electron chi connectivity index (χ1n) is 5.77. The van der Waals surface area contributed by atoms with Gasteiger partial charge in [-0.3, -0.25) is 15.5 Å². The lowest BCUT2D eigenvalue weighted by Crippen LogP contribution is -1.93. The molecule has 0 spiro atoms. The number of nitrogens with one attached hydrogen (secondary N) is 1. The first kappa shape index (κ1) is 15.7. The number of non-ortho nitro benzene ring substituents is 1. The Kier molecular flexibility index (Phi) is 4.92. The Labute approximate surface area is 133 Å². The van der Waals surface area contributed by atoms with Crippen LogP contribution in [0, 0.1) is 21.4 Å². The van der Waals surface area contributed by atoms with Crippen molar-refractivity contribution in [2.45, 2.75) is 5.03 Å². The Bertz CT molecular complexity index is 782. The molecule has 0 saturated carbocycles. The zero-order valence-corrected chi connectivity index (χ0v) is 12.8. The summed E-state index contributed by atoms with van der Waals surface area (Å²) < 4.78 is 4.09. The molecule has 2 aromatic rings. The van der Waals surface area contributed by atoms with Crippen LogP contribution in [0.3, 0.4) is 0 Å². The van der Waals surface area contributed by atoms with Gasteiger partial charge in [0.2, 0.25) is 0 Å². The molecule has 2 rings (SSSR count). The van der Waals surface area contributed by atoms with Crippen LogP contribution in [-0.2, 0) is 0 Å². The summed E-state index contributed by atoms with van der Waals surface area (Å²) in [5.41, 5.74) is 3.08. The summed E-state index contributed by atoms with van der Waals surface area (Å²) in [6.07, 6.45) is 3.05. The number of nitro benzene ring substituents is 1. The second kappa shape index (κ2) is 6.88. The minimum absolute atomic E-state index is 0.134. The Morgan fingerprint density at radius 3 is 3.05 bits per heavy atom. The molecule has 2 N–H and O–H groups in total. The maximum absolute atomic E-state index is 10.7. The second-order valence-corrected chi connectivity index (χ2v) is 5.45. The zero-order chi connectivity index (χ0) is 16.1. The molecular weight excluding hydrogens is 326 g/mol. The average Bonchev–Trinajstić information content (AvgIpc) is 2.90. The van der Waals surface area contributed by atoms with Crippen LogP contribution < -0.4 is 5.43 Å². The molecule has 22 heavy (non-hydrogen) atoms. The van der Waals surface area contributed by atoms with Crippen molar-refractivity contribution in [3.63, 3.8) is 0 Å². The van der Waals surface area contributed by atoms with E-state index in [-0.39, 0.29) is 17.0 Å². The first-order valence-corrected chi connectivity index (χ1v) is 7.77. The molecule has 1 heterocycles. The van der Waals surface area contributed by atoms with E-state index < -0.39 is 4.92 Å². The number of aromatic hydroxyl groups is 1. The van der Waals surface area contributed by atoms with Gasteiger partial charge in [0.05, 0.1) is 11.1 Å². The van der Waals surface area contributed by atoms with Crippen LogP contribution in [0.1, 0.15) is 11.1 Å². The number of hydrazone groups is 1. The number of nitrogens with zero attached hydrogens (tertiary/aromatic N) is 4. The molecule has 1 aromatic heterocycles. The lowest BCUT2D eigenvalue weighted by molar-refractivity contribution is -0.384. The SMILES string of the molecule is CSc1nsc(N/N=C/c2cc([N+](=O)[O-])ccc2O)c1C#N. The fourth-order valence-electron chi connectivity index (χ4n) is 1.51. The third-order valence-electron chi connectivity index (χ3n) is 2.56. The van der Waals surface area contributed by atoms with E-state index in [2.05, 4.69) is 14.9 Å². The Morgan fingerprint density at radius 2 is 2.41 bits per heavy atom. The maximum Gasteiger partial charge on any atom is 0.270 e. The first-order chi connectivity index (χ1) is 10.6. The van der Waals surface area contributed by atoms with E-state index >= 15 is 0 Å². The van der Waals surface area contributed by atoms with Crippen LogP contribution in [0.25, 0.3) is 0 Å². The number of thioether (sulfide) groups is 1. The molecule has 112 valence electrons. The summed E-state index contributed by atoms with van der Waals surface area (Å²) in [5, 5.41) is 34.4. The number of hydrogen-bond donors (Lipinski definition) is 2. The number of hydrogen-bond acceptors (Lipinski definition) is 9. The third kappa shape index (κ3) is 3.33. The number of anilines is 1. The van der Waals surface area contributed by atoms with Crippen molar-refractivity contribution in [1.29, 1.82) is 5.26 Å². The van der Waals surface area contributed by atoms with E-state index in [0.29, 0.717) is 15.6 Å². The monoisotopic (exact) mass is 335 g/mol. The Balaban J connectivity index is 2.20. The smallest absolute Gasteiger partial charge is 0.270 e. The van der Waals surface area contributed by atoms with E-state index in [9.17, 15) is 15.2 Å². The highest BCUT2D eigenvalue weighted by Gasteiger charge is 2.12. The average molecular weight is 335 g/mol. The van der Waals surface area contributed by atoms with Crippen LogP contribution in [-0.4, -0.2) is 26.9 Å². The molecule has 0 radical (unpaired) electrons. The fourth-order valence-corrected chi connectivity index (χ4v) is 2.93. The van der Waals surface area contributed by atoms with Gasteiger partial charge in [-0.25, -0.2) is 0 Å². The molecule has 1 aromatic carbocycles. The van der Waals surface area contributed by atoms with Crippen molar-refractivity contribution in [1.82, 2.24) is 4.37 Å². The van der Waals surface area contributed by atoms with E-state index in [4.69, 9.17) is 5.26 Å². The number of benzene rings is 1. The molecule has 8 nitrogen and oxygen atoms in total. The number of phenols is 1. The molecule has 0 saturated heterocycles. The summed E-state index contributed by atoms with van der Waals surface area (Å²) in [7, 11) is 0. The molecule has 0 aliphatic heterocycles. The van der Waals surface area contributed by atoms with Crippen molar-refractivity contribution in [3.8, 4) is 11.8 Å². The summed E-state index contributed by atoms with van der Waals surface area (Å²) in [6, 6.07) is 5.65. The van der Waals surface area contributed by atoms with Crippen molar-refractivity contribution in [2.24, 2.45) is 5.10 Å². The van der Waals surface area contributed by atoms with Crippen LogP contribution in [0.5, 0.6) is 5.75 Å². The number of nitro groups is 1. The van der Waals surface area contributed by atoms with Gasteiger partial charge in [-0.05, 0) is 23.9 Å². The second-order valence-electron chi connectivity index (χ2n) is 3.88. The molecular formula is C12H9N5O3S2. The van der Waals surface area contributed by atoms with Gasteiger partial charge in [0.1, 0.15) is 27.4 Å². The maximum atomic E-state index is 10.7. The summed E-state index contributed by atoms with van der Waals surface area (Å²) in [5.74, 6) is -0.134. The molecule has 0 fully saturated rings. The molecule has 0 amide bonds. The number of nitriles is 1. The third-order valence-corrected chi connectivity index (χ3v) is 4.11. The predicted molar refractivity (Wildman–Crippen MR) is 84.6 cm³/mol. The lowest BCUT2D eigenvalue weighted by Gasteiger charge is -1.99. The number of rotatable bonds is 5. The van der Waals surface area contributed by atoms with E-state index in [0.717, 1.165) is 11.5 Å². The Hall–Kier alpha value is -2.64. The largest absolute Gasteiger partial charge is 0.507 e. The number of phenolic OH excluding ortho intramolecular Hbond substituents is 1. The van der Waals surface area contributed by atoms with Gasteiger partial charge in [-0.1, -0.05) is 0 Å². The minimum atomic E-state index is -0.564. The van der Waals surface area contributed by atoms with E-state index in [1.807, 2.05) is 12.3 Å². The van der Waals surface area contributed by atoms with Crippen molar-refractivity contribution >= 4 is 40.2 Å². The molecule has 0 aliphatic carbocycles. The molecule has 0 bridgehead atoms. The highest BCUT2D eigenvalue weighted by Crippen LogP contribution is 2.29. The van der Waals surface area contributed by atoms with Gasteiger partial charge in [-0.2, -0.15) is 14.7 Å². The van der Waals surface area contributed by atoms with Gasteiger partial charge in [0, 0.05) is 17.7 Å². The van der Waals surface area contributed by atoms with Crippen LogP contribution in [0.2, 0.25) is 0 Å². The van der Waals surface area contributed by atoms with E-state index in [1.54, 1.807) is 0 Å². The van der Waals surface area contributed by atoms with Crippen LogP contribution >= 0.6 is 23.3 Å². The van der Waals surface area contributed by atoms with Gasteiger partial charge in [-0.15, -0.1) is 11.8 Å². The Morgan fingerprint density at radius 1 is 1.64 bits per heavy atom. The summed E-state index contributed by atoms with van der Waals surface area (Å²) >= 11 is 2.43. The number of aromatic nitrogens is 1. The quantitative estimate of drug-likeness (QED) is 0.372. The highest BCUT2D eigenvalue weighted by atomic mass is 32.2. The van der Waals surface area contributed by atoms with Gasteiger partial charge < -0.3 is 5.11 Å². The molecule has 0 atom stereocenters. The molecule has 0 unspecified atom stereocenters. The van der Waals surface area contributed by atoms with Gasteiger partial charge in [0.15, 0.2) is 0 Å². The zero-order valence-electron chi connectivity index (χ0n) is 11.2. The highest BCUT2D eigenvalue weighted by molar-refractivity contribution is 7.98. The van der Waals surface area contributed by atoms with Crippen molar-refractivity contribution in [3.05, 3.63) is 39.4 Å². The van der Waals surface area contributed by atoms with E-state index in [1.165, 1.54) is 36.2 Å². The lowest BCUT2D eigenvalue weighted by atomic mass is 10.2. The predicted octanol–water partition coefficient (Wildman–Crippen LogP) is 2.80. The van der Waals surface area contributed by atoms with Gasteiger partial charge >= 0.3 is 0 Å². The fraction of sp³-hybridized carbons (Fsp3) is 0.0833. The minimum Gasteiger partial charge on any atom is -0.507 e. The van der Waals surface area contributed by atoms with Crippen LogP contribution in [0.4, 0.5) is 10.7 Å². The standard InChI is InChI=1S/C12H9N5O3S2/c1-21-12-9(5-13)11(22-16-12)15-14-6-7-4-8(17(19)20)2-3-10(7)18/h2-4,6,15,18H,1H3/b14-6+. The van der Waals surface area contributed by atoms with Crippen molar-refractivity contribution in [2.75, 3.05) is 11.7 Å². The molecule has 0 aliphatic rings. The normalized spacial score (nSPS) is 10.5. The van der Waals surface area contributed by atoms with Gasteiger partial charge in [0.25, 0.3) is 5.69 Å².